The molecule has 182 valence electrons. The van der Waals surface area contributed by atoms with Crippen LogP contribution in [0, 0.1) is 0 Å². The van der Waals surface area contributed by atoms with Crippen LogP contribution in [-0.2, 0) is 6.42 Å². The summed E-state index contributed by atoms with van der Waals surface area (Å²) in [5, 5.41) is 51.0. The van der Waals surface area contributed by atoms with Gasteiger partial charge in [-0.25, -0.2) is 0 Å². The summed E-state index contributed by atoms with van der Waals surface area (Å²) >= 11 is 0. The summed E-state index contributed by atoms with van der Waals surface area (Å²) < 4.78 is 10.9. The van der Waals surface area contributed by atoms with Crippen LogP contribution in [0.1, 0.15) is 60.7 Å². The van der Waals surface area contributed by atoms with Gasteiger partial charge in [-0.1, -0.05) is 23.8 Å². The number of hydrogen-bond acceptors (Lipinski definition) is 8. The number of phenolic OH excluding ortho intramolecular Hbond substituents is 4. The number of Topliss-reactive ketones (excluding diaryl/α,β-unsaturated/α-hetero) is 1. The number of allylic oxidation sites excluding steroid dienone is 2. The average molecular weight is 471 g/mol. The fourth-order valence-electron chi connectivity index (χ4n) is 3.83. The minimum absolute atomic E-state index is 0.0113. The van der Waals surface area contributed by atoms with E-state index in [1.807, 2.05) is 13.0 Å². The number of carbonyl (C=O) groups is 1. The second kappa shape index (κ2) is 10.1. The lowest BCUT2D eigenvalue weighted by Crippen LogP contribution is -2.21. The number of methoxy groups -OCH3 is 1. The van der Waals surface area contributed by atoms with Crippen LogP contribution in [0.25, 0.3) is 0 Å². The molecule has 0 spiro atoms. The summed E-state index contributed by atoms with van der Waals surface area (Å²) in [7, 11) is 1.33. The van der Waals surface area contributed by atoms with Gasteiger partial charge in [0.05, 0.1) is 19.6 Å². The van der Waals surface area contributed by atoms with Crippen LogP contribution in [0.4, 0.5) is 0 Å². The molecule has 2 atom stereocenters. The standard InChI is InChI=1S/C26H30O8/c1-13(2)17(27)8-6-14(3)5-7-16-18(28)11-22-24(25(16)31)19(29)12-21(34-22)15-9-20(30)26(32)23(10-15)33-4/h5,9-11,17,21,27-28,30-32H,1,6-8,12H2,2-4H3/b14-5+/t17-,21+/m1/s1. The quantitative estimate of drug-likeness (QED) is 0.282. The Kier molecular flexibility index (Phi) is 7.41. The molecule has 1 heterocycles. The van der Waals surface area contributed by atoms with E-state index in [0.29, 0.717) is 24.0 Å². The third-order valence-corrected chi connectivity index (χ3v) is 5.97. The van der Waals surface area contributed by atoms with E-state index in [1.54, 1.807) is 6.92 Å². The molecule has 34 heavy (non-hydrogen) atoms. The molecule has 0 bridgehead atoms. The third-order valence-electron chi connectivity index (χ3n) is 5.97. The van der Waals surface area contributed by atoms with E-state index >= 15 is 0 Å². The number of phenols is 4. The van der Waals surface area contributed by atoms with Crippen molar-refractivity contribution in [3.63, 3.8) is 0 Å². The Morgan fingerprint density at radius 3 is 2.53 bits per heavy atom. The van der Waals surface area contributed by atoms with Gasteiger partial charge in [0.15, 0.2) is 17.3 Å². The molecule has 0 amide bonds. The molecule has 0 unspecified atom stereocenters. The van der Waals surface area contributed by atoms with E-state index in [1.165, 1.54) is 25.3 Å². The Labute approximate surface area is 198 Å². The summed E-state index contributed by atoms with van der Waals surface area (Å²) in [5.41, 5.74) is 2.24. The zero-order chi connectivity index (χ0) is 25.2. The number of aliphatic hydroxyl groups excluding tert-OH is 1. The number of benzene rings is 2. The topological polar surface area (TPSA) is 137 Å². The van der Waals surface area contributed by atoms with Gasteiger partial charge in [-0.05, 0) is 45.2 Å². The summed E-state index contributed by atoms with van der Waals surface area (Å²) in [4.78, 5) is 12.9. The van der Waals surface area contributed by atoms with Crippen molar-refractivity contribution >= 4 is 5.78 Å². The zero-order valence-electron chi connectivity index (χ0n) is 19.5. The SMILES string of the molecule is C=C(C)[C@H](O)CC/C(C)=C/Cc1c(O)cc2c(c1O)C(=O)C[C@@H](c1cc(O)c(O)c(OC)c1)O2. The van der Waals surface area contributed by atoms with E-state index in [0.717, 1.165) is 5.57 Å². The fourth-order valence-corrected chi connectivity index (χ4v) is 3.83. The van der Waals surface area contributed by atoms with E-state index in [-0.39, 0.29) is 52.7 Å². The number of aliphatic hydroxyl groups is 1. The van der Waals surface area contributed by atoms with Gasteiger partial charge in [0.1, 0.15) is 28.9 Å². The molecule has 0 aliphatic carbocycles. The Balaban J connectivity index is 1.85. The second-order valence-electron chi connectivity index (χ2n) is 8.58. The van der Waals surface area contributed by atoms with Crippen molar-refractivity contribution < 1.29 is 39.8 Å². The normalized spacial score (nSPS) is 16.5. The predicted octanol–water partition coefficient (Wildman–Crippen LogP) is 4.43. The molecule has 8 nitrogen and oxygen atoms in total. The van der Waals surface area contributed by atoms with Gasteiger partial charge in [-0.15, -0.1) is 0 Å². The number of aromatic hydroxyl groups is 4. The molecule has 0 fully saturated rings. The number of ether oxygens (including phenoxy) is 2. The maximum absolute atomic E-state index is 12.9. The first-order valence-electron chi connectivity index (χ1n) is 10.9. The molecule has 1 aliphatic heterocycles. The summed E-state index contributed by atoms with van der Waals surface area (Å²) in [5.74, 6) is -1.74. The molecule has 0 radical (unpaired) electrons. The van der Waals surface area contributed by atoms with E-state index in [9.17, 15) is 30.3 Å². The highest BCUT2D eigenvalue weighted by Crippen LogP contribution is 2.46. The van der Waals surface area contributed by atoms with E-state index in [4.69, 9.17) is 9.47 Å². The minimum atomic E-state index is -0.813. The van der Waals surface area contributed by atoms with Gasteiger partial charge < -0.3 is 35.0 Å². The van der Waals surface area contributed by atoms with Crippen LogP contribution in [0.5, 0.6) is 34.5 Å². The summed E-state index contributed by atoms with van der Waals surface area (Å²) in [6.45, 7) is 7.38. The Bertz CT molecular complexity index is 1150. The van der Waals surface area contributed by atoms with Crippen molar-refractivity contribution in [3.8, 4) is 34.5 Å². The van der Waals surface area contributed by atoms with Crippen molar-refractivity contribution in [3.05, 3.63) is 58.7 Å². The summed E-state index contributed by atoms with van der Waals surface area (Å²) in [6, 6.07) is 4.01. The molecule has 0 saturated carbocycles. The van der Waals surface area contributed by atoms with Crippen molar-refractivity contribution in [2.45, 2.75) is 51.7 Å². The van der Waals surface area contributed by atoms with Crippen LogP contribution in [0.15, 0.2) is 42.0 Å². The molecule has 1 aliphatic rings. The zero-order valence-corrected chi connectivity index (χ0v) is 19.5. The van der Waals surface area contributed by atoms with Crippen LogP contribution >= 0.6 is 0 Å². The second-order valence-corrected chi connectivity index (χ2v) is 8.58. The monoisotopic (exact) mass is 470 g/mol. The minimum Gasteiger partial charge on any atom is -0.507 e. The maximum atomic E-state index is 12.9. The van der Waals surface area contributed by atoms with Crippen molar-refractivity contribution in [1.29, 1.82) is 0 Å². The lowest BCUT2D eigenvalue weighted by atomic mass is 9.92. The maximum Gasteiger partial charge on any atom is 0.200 e. The highest BCUT2D eigenvalue weighted by molar-refractivity contribution is 6.03. The molecule has 2 aromatic rings. The van der Waals surface area contributed by atoms with Gasteiger partial charge in [-0.2, -0.15) is 0 Å². The molecule has 2 aromatic carbocycles. The van der Waals surface area contributed by atoms with Gasteiger partial charge in [0, 0.05) is 17.2 Å². The van der Waals surface area contributed by atoms with Crippen molar-refractivity contribution in [1.82, 2.24) is 0 Å². The van der Waals surface area contributed by atoms with Crippen LogP contribution in [0.3, 0.4) is 0 Å². The molecule has 5 N–H and O–H groups in total. The third kappa shape index (κ3) is 5.12. The number of carbonyl (C=O) groups excluding carboxylic acids is 1. The van der Waals surface area contributed by atoms with Gasteiger partial charge in [-0.3, -0.25) is 4.79 Å². The first kappa shape index (κ1) is 25.0. The highest BCUT2D eigenvalue weighted by Gasteiger charge is 2.33. The molecule has 3 rings (SSSR count). The van der Waals surface area contributed by atoms with E-state index < -0.39 is 23.7 Å². The molecule has 0 saturated heterocycles. The van der Waals surface area contributed by atoms with Gasteiger partial charge in [0.2, 0.25) is 5.75 Å². The van der Waals surface area contributed by atoms with Crippen LogP contribution < -0.4 is 9.47 Å². The fraction of sp³-hybridized carbons (Fsp3) is 0.346. The van der Waals surface area contributed by atoms with E-state index in [2.05, 4.69) is 6.58 Å². The predicted molar refractivity (Wildman–Crippen MR) is 126 cm³/mol. The number of hydrogen-bond donors (Lipinski definition) is 5. The Morgan fingerprint density at radius 1 is 1.18 bits per heavy atom. The van der Waals surface area contributed by atoms with Crippen LogP contribution in [0.2, 0.25) is 0 Å². The molecular weight excluding hydrogens is 440 g/mol. The van der Waals surface area contributed by atoms with Crippen LogP contribution in [-0.4, -0.2) is 44.5 Å². The van der Waals surface area contributed by atoms with Gasteiger partial charge in [0.25, 0.3) is 0 Å². The molecular formula is C26H30O8. The van der Waals surface area contributed by atoms with Crippen molar-refractivity contribution in [2.75, 3.05) is 7.11 Å². The number of rotatable bonds is 8. The molecule has 8 heteroatoms. The lowest BCUT2D eigenvalue weighted by molar-refractivity contribution is 0.0843. The van der Waals surface area contributed by atoms with Gasteiger partial charge >= 0.3 is 0 Å². The molecule has 0 aromatic heterocycles. The summed E-state index contributed by atoms with van der Waals surface area (Å²) in [6.07, 6.45) is 1.64. The Hall–Kier alpha value is -3.65. The largest absolute Gasteiger partial charge is 0.507 e. The smallest absolute Gasteiger partial charge is 0.200 e. The average Bonchev–Trinajstić information content (AvgIpc) is 2.78. The highest BCUT2D eigenvalue weighted by atomic mass is 16.5. The first-order valence-corrected chi connectivity index (χ1v) is 10.9. The number of fused-ring (bicyclic) bond motifs is 1. The number of ketones is 1. The first-order chi connectivity index (χ1) is 16.0. The Morgan fingerprint density at radius 2 is 1.88 bits per heavy atom. The lowest BCUT2D eigenvalue weighted by Gasteiger charge is -2.27. The van der Waals surface area contributed by atoms with Crippen molar-refractivity contribution in [2.24, 2.45) is 0 Å².